The largest absolute Gasteiger partial charge is 0.480 e. The lowest BCUT2D eigenvalue weighted by atomic mass is 9.98. The smallest absolute Gasteiger partial charge is 0.326 e. The van der Waals surface area contributed by atoms with Crippen LogP contribution in [0.5, 0.6) is 0 Å². The number of nitrogens with zero attached hydrogens (tertiary/aromatic N) is 1. The third kappa shape index (κ3) is 3.70. The Labute approximate surface area is 150 Å². The summed E-state index contributed by atoms with van der Waals surface area (Å²) in [6.45, 7) is 0. The second kappa shape index (κ2) is 7.49. The fraction of sp³-hybridized carbons (Fsp3) is 0.0952. The summed E-state index contributed by atoms with van der Waals surface area (Å²) in [7, 11) is 0. The van der Waals surface area contributed by atoms with Crippen molar-refractivity contribution in [3.8, 4) is 6.07 Å². The Morgan fingerprint density at radius 1 is 1.00 bits per heavy atom. The summed E-state index contributed by atoms with van der Waals surface area (Å²) < 4.78 is 0. The summed E-state index contributed by atoms with van der Waals surface area (Å²) in [5.74, 6) is -1.58. The van der Waals surface area contributed by atoms with Gasteiger partial charge in [0.25, 0.3) is 5.91 Å². The van der Waals surface area contributed by atoms with Crippen LogP contribution in [0.1, 0.15) is 21.5 Å². The number of carboxylic acid groups (broad SMARTS) is 1. The van der Waals surface area contributed by atoms with E-state index < -0.39 is 17.9 Å². The number of carboxylic acids is 1. The van der Waals surface area contributed by atoms with Crippen LogP contribution in [0.25, 0.3) is 10.8 Å². The molecule has 0 fully saturated rings. The number of benzene rings is 3. The Balaban J connectivity index is 1.82. The second-order valence-corrected chi connectivity index (χ2v) is 5.90. The van der Waals surface area contributed by atoms with E-state index in [0.717, 1.165) is 16.3 Å². The highest BCUT2D eigenvalue weighted by Gasteiger charge is 2.22. The lowest BCUT2D eigenvalue weighted by Gasteiger charge is -2.16. The molecule has 0 heterocycles. The van der Waals surface area contributed by atoms with Crippen molar-refractivity contribution < 1.29 is 14.7 Å². The van der Waals surface area contributed by atoms with E-state index in [4.69, 9.17) is 5.26 Å². The van der Waals surface area contributed by atoms with E-state index in [1.807, 2.05) is 48.5 Å². The molecule has 3 aromatic rings. The van der Waals surface area contributed by atoms with E-state index in [1.54, 1.807) is 0 Å². The van der Waals surface area contributed by atoms with Gasteiger partial charge >= 0.3 is 5.97 Å². The maximum atomic E-state index is 12.4. The van der Waals surface area contributed by atoms with Crippen LogP contribution in [-0.2, 0) is 11.2 Å². The van der Waals surface area contributed by atoms with Gasteiger partial charge in [0.05, 0.1) is 11.6 Å². The molecular weight excluding hydrogens is 328 g/mol. The first-order chi connectivity index (χ1) is 12.6. The predicted molar refractivity (Wildman–Crippen MR) is 97.7 cm³/mol. The number of hydrogen-bond acceptors (Lipinski definition) is 3. The first kappa shape index (κ1) is 17.2. The molecule has 0 aliphatic rings. The van der Waals surface area contributed by atoms with Gasteiger partial charge in [-0.25, -0.2) is 4.79 Å². The van der Waals surface area contributed by atoms with Crippen molar-refractivity contribution in [2.24, 2.45) is 0 Å². The summed E-state index contributed by atoms with van der Waals surface area (Å²) in [5, 5.41) is 22.9. The van der Waals surface area contributed by atoms with Gasteiger partial charge in [-0.2, -0.15) is 5.26 Å². The maximum Gasteiger partial charge on any atom is 0.326 e. The highest BCUT2D eigenvalue weighted by atomic mass is 16.4. The topological polar surface area (TPSA) is 90.2 Å². The molecule has 0 bridgehead atoms. The zero-order valence-electron chi connectivity index (χ0n) is 13.8. The molecule has 0 unspecified atom stereocenters. The van der Waals surface area contributed by atoms with E-state index in [2.05, 4.69) is 5.32 Å². The number of fused-ring (bicyclic) bond motifs is 1. The molecule has 3 aromatic carbocycles. The first-order valence-electron chi connectivity index (χ1n) is 8.09. The standard InChI is InChI=1S/C21H16N2O3/c22-13-14-8-10-16(11-9-14)20(24)23-19(21(25)26)12-17-6-3-5-15-4-1-2-7-18(15)17/h1-11,19H,12H2,(H,23,24)(H,25,26)/t19-/m0/s1. The quantitative estimate of drug-likeness (QED) is 0.744. The van der Waals surface area contributed by atoms with Gasteiger partial charge in [0, 0.05) is 12.0 Å². The fourth-order valence-electron chi connectivity index (χ4n) is 2.83. The number of amides is 1. The fourth-order valence-corrected chi connectivity index (χ4v) is 2.83. The highest BCUT2D eigenvalue weighted by molar-refractivity contribution is 5.97. The summed E-state index contributed by atoms with van der Waals surface area (Å²) >= 11 is 0. The van der Waals surface area contributed by atoms with Gasteiger partial charge in [-0.05, 0) is 40.6 Å². The van der Waals surface area contributed by atoms with Gasteiger partial charge in [0.2, 0.25) is 0 Å². The molecule has 0 radical (unpaired) electrons. The van der Waals surface area contributed by atoms with E-state index in [-0.39, 0.29) is 6.42 Å². The molecule has 0 aliphatic carbocycles. The van der Waals surface area contributed by atoms with Crippen LogP contribution >= 0.6 is 0 Å². The van der Waals surface area contributed by atoms with Crippen LogP contribution in [0, 0.1) is 11.3 Å². The molecule has 5 nitrogen and oxygen atoms in total. The van der Waals surface area contributed by atoms with E-state index in [9.17, 15) is 14.7 Å². The van der Waals surface area contributed by atoms with Crippen molar-refractivity contribution in [2.75, 3.05) is 0 Å². The summed E-state index contributed by atoms with van der Waals surface area (Å²) in [6.07, 6.45) is 0.179. The van der Waals surface area contributed by atoms with Gasteiger partial charge < -0.3 is 10.4 Å². The summed E-state index contributed by atoms with van der Waals surface area (Å²) in [5.41, 5.74) is 1.61. The molecular formula is C21H16N2O3. The normalized spacial score (nSPS) is 11.5. The van der Waals surface area contributed by atoms with E-state index in [1.165, 1.54) is 24.3 Å². The van der Waals surface area contributed by atoms with Gasteiger partial charge in [-0.15, -0.1) is 0 Å². The minimum Gasteiger partial charge on any atom is -0.480 e. The molecule has 0 aromatic heterocycles. The van der Waals surface area contributed by atoms with Crippen molar-refractivity contribution >= 4 is 22.6 Å². The molecule has 26 heavy (non-hydrogen) atoms. The second-order valence-electron chi connectivity index (χ2n) is 5.90. The lowest BCUT2D eigenvalue weighted by Crippen LogP contribution is -2.42. The molecule has 0 saturated heterocycles. The Bertz CT molecular complexity index is 998. The number of aliphatic carboxylic acids is 1. The lowest BCUT2D eigenvalue weighted by molar-refractivity contribution is -0.139. The SMILES string of the molecule is N#Cc1ccc(C(=O)N[C@@H](Cc2cccc3ccccc23)C(=O)O)cc1. The van der Waals surface area contributed by atoms with Gasteiger partial charge in [0.15, 0.2) is 0 Å². The van der Waals surface area contributed by atoms with Crippen LogP contribution in [0.4, 0.5) is 0 Å². The Morgan fingerprint density at radius 3 is 2.38 bits per heavy atom. The van der Waals surface area contributed by atoms with E-state index in [0.29, 0.717) is 11.1 Å². The molecule has 0 saturated carbocycles. The molecule has 1 atom stereocenters. The van der Waals surface area contributed by atoms with Crippen LogP contribution < -0.4 is 5.32 Å². The van der Waals surface area contributed by atoms with Crippen molar-refractivity contribution in [3.05, 3.63) is 83.4 Å². The third-order valence-corrected chi connectivity index (χ3v) is 4.18. The zero-order chi connectivity index (χ0) is 18.5. The van der Waals surface area contributed by atoms with Gasteiger partial charge in [0.1, 0.15) is 6.04 Å². The number of rotatable bonds is 5. The van der Waals surface area contributed by atoms with Crippen LogP contribution in [0.15, 0.2) is 66.7 Å². The summed E-state index contributed by atoms with van der Waals surface area (Å²) in [6, 6.07) is 20.4. The van der Waals surface area contributed by atoms with E-state index >= 15 is 0 Å². The molecule has 2 N–H and O–H groups in total. The van der Waals surface area contributed by atoms with Crippen LogP contribution in [0.3, 0.4) is 0 Å². The third-order valence-electron chi connectivity index (χ3n) is 4.18. The molecule has 3 rings (SSSR count). The molecule has 0 spiro atoms. The number of nitriles is 1. The molecule has 5 heteroatoms. The first-order valence-corrected chi connectivity index (χ1v) is 8.09. The Hall–Kier alpha value is -3.65. The van der Waals surface area contributed by atoms with Gasteiger partial charge in [-0.3, -0.25) is 4.79 Å². The molecule has 128 valence electrons. The van der Waals surface area contributed by atoms with Crippen molar-refractivity contribution in [3.63, 3.8) is 0 Å². The van der Waals surface area contributed by atoms with Crippen LogP contribution in [-0.4, -0.2) is 23.0 Å². The monoisotopic (exact) mass is 344 g/mol. The Morgan fingerprint density at radius 2 is 1.69 bits per heavy atom. The minimum atomic E-state index is -1.10. The average molecular weight is 344 g/mol. The zero-order valence-corrected chi connectivity index (χ0v) is 13.8. The maximum absolute atomic E-state index is 12.4. The molecule has 1 amide bonds. The summed E-state index contributed by atoms with van der Waals surface area (Å²) in [4.78, 5) is 24.0. The average Bonchev–Trinajstić information content (AvgIpc) is 2.67. The van der Waals surface area contributed by atoms with Crippen molar-refractivity contribution in [2.45, 2.75) is 12.5 Å². The minimum absolute atomic E-state index is 0.179. The van der Waals surface area contributed by atoms with Crippen LogP contribution in [0.2, 0.25) is 0 Å². The van der Waals surface area contributed by atoms with Crippen molar-refractivity contribution in [1.29, 1.82) is 5.26 Å². The number of carbonyl (C=O) groups excluding carboxylic acids is 1. The Kier molecular flexibility index (Phi) is 4.95. The highest BCUT2D eigenvalue weighted by Crippen LogP contribution is 2.20. The number of carbonyl (C=O) groups is 2. The number of hydrogen-bond donors (Lipinski definition) is 2. The van der Waals surface area contributed by atoms with Gasteiger partial charge in [-0.1, -0.05) is 42.5 Å². The van der Waals surface area contributed by atoms with Crippen molar-refractivity contribution in [1.82, 2.24) is 5.32 Å². The number of nitrogens with one attached hydrogen (secondary N) is 1. The predicted octanol–water partition coefficient (Wildman–Crippen LogP) is 3.14. The molecule has 0 aliphatic heterocycles.